The first-order chi connectivity index (χ1) is 40.5. The third-order valence-electron chi connectivity index (χ3n) is 15.1. The van der Waals surface area contributed by atoms with Gasteiger partial charge in [0.2, 0.25) is 17.7 Å². The summed E-state index contributed by atoms with van der Waals surface area (Å²) in [5, 5.41) is 8.34. The van der Waals surface area contributed by atoms with Crippen LogP contribution in [0.2, 0.25) is 0 Å². The van der Waals surface area contributed by atoms with Crippen LogP contribution < -0.4 is 34.9 Å². The Bertz CT molecular complexity index is 3370. The molecule has 0 saturated carbocycles. The zero-order valence-electron chi connectivity index (χ0n) is 47.8. The molecule has 3 N–H and O–H groups in total. The Morgan fingerprint density at radius 2 is 1.12 bits per heavy atom. The van der Waals surface area contributed by atoms with Gasteiger partial charge in [-0.25, -0.2) is 4.79 Å². The number of hydrogen-bond acceptors (Lipinski definition) is 15. The number of nitrogens with zero attached hydrogens (tertiary/aromatic N) is 5. The molecule has 0 spiro atoms. The summed E-state index contributed by atoms with van der Waals surface area (Å²) in [6.45, 7) is 6.19. The molecule has 0 unspecified atom stereocenters. The third-order valence-corrected chi connectivity index (χ3v) is 15.1. The first-order valence-electron chi connectivity index (χ1n) is 28.1. The van der Waals surface area contributed by atoms with E-state index in [1.54, 1.807) is 91.5 Å². The zero-order chi connectivity index (χ0) is 59.6. The Kier molecular flexibility index (Phi) is 18.8. The topological polar surface area (TPSA) is 253 Å². The van der Waals surface area contributed by atoms with Gasteiger partial charge in [-0.1, -0.05) is 44.5 Å². The summed E-state index contributed by atoms with van der Waals surface area (Å²) in [7, 11) is 4.38. The third kappa shape index (κ3) is 13.6. The summed E-state index contributed by atoms with van der Waals surface area (Å²) in [5.41, 5.74) is 6.24. The summed E-state index contributed by atoms with van der Waals surface area (Å²) in [5.74, 6) is -1.32. The molecule has 5 aliphatic heterocycles. The number of anilines is 1. The number of hydrogen-bond donors (Lipinski definition) is 3. The number of nitrogens with one attached hydrogen (secondary N) is 3. The van der Waals surface area contributed by atoms with E-state index in [2.05, 4.69) is 16.0 Å². The minimum atomic E-state index is -0.926. The van der Waals surface area contributed by atoms with Gasteiger partial charge in [0.25, 0.3) is 23.6 Å². The van der Waals surface area contributed by atoms with Gasteiger partial charge in [0.15, 0.2) is 23.0 Å². The van der Waals surface area contributed by atoms with E-state index in [0.717, 1.165) is 33.6 Å². The van der Waals surface area contributed by atoms with E-state index in [4.69, 9.17) is 33.7 Å². The van der Waals surface area contributed by atoms with Crippen molar-refractivity contribution in [1.82, 2.24) is 25.3 Å². The Morgan fingerprint density at radius 1 is 0.607 bits per heavy atom. The van der Waals surface area contributed by atoms with Crippen molar-refractivity contribution in [3.05, 3.63) is 125 Å². The molecule has 0 bridgehead atoms. The zero-order valence-corrected chi connectivity index (χ0v) is 47.8. The van der Waals surface area contributed by atoms with Crippen LogP contribution in [0, 0.1) is 5.92 Å². The van der Waals surface area contributed by atoms with Crippen LogP contribution in [0.25, 0.3) is 11.1 Å². The smallest absolute Gasteiger partial charge is 0.337 e. The molecule has 4 aromatic rings. The highest BCUT2D eigenvalue weighted by atomic mass is 16.5. The van der Waals surface area contributed by atoms with E-state index in [-0.39, 0.29) is 60.5 Å². The molecule has 438 valence electrons. The summed E-state index contributed by atoms with van der Waals surface area (Å²) in [6.07, 6.45) is 14.7. The van der Waals surface area contributed by atoms with Crippen LogP contribution in [0.15, 0.2) is 107 Å². The average molecular weight is 1150 g/mol. The van der Waals surface area contributed by atoms with Crippen LogP contribution in [0.5, 0.6) is 23.0 Å². The normalized spacial score (nSPS) is 17.3. The molecule has 0 aliphatic carbocycles. The predicted molar refractivity (Wildman–Crippen MR) is 314 cm³/mol. The number of unbranched alkanes of at least 4 members (excludes halogenated alkanes) is 4. The Labute approximate surface area is 486 Å². The van der Waals surface area contributed by atoms with Crippen molar-refractivity contribution < 1.29 is 62.0 Å². The molecule has 0 radical (unpaired) electrons. The highest BCUT2D eigenvalue weighted by molar-refractivity contribution is 6.13. The molecule has 21 nitrogen and oxygen atoms in total. The van der Waals surface area contributed by atoms with Gasteiger partial charge in [-0.15, -0.1) is 0 Å². The quantitative estimate of drug-likeness (QED) is 0.0322. The molecular formula is C63H68N8O13. The highest BCUT2D eigenvalue weighted by Gasteiger charge is 2.36. The van der Waals surface area contributed by atoms with Gasteiger partial charge in [0, 0.05) is 80.6 Å². The lowest BCUT2D eigenvalue weighted by molar-refractivity contribution is -0.137. The van der Waals surface area contributed by atoms with Crippen LogP contribution in [0.3, 0.4) is 0 Å². The first kappa shape index (κ1) is 59.2. The van der Waals surface area contributed by atoms with Crippen molar-refractivity contribution in [1.29, 1.82) is 0 Å². The summed E-state index contributed by atoms with van der Waals surface area (Å²) in [4.78, 5) is 117. The minimum absolute atomic E-state index is 0.162. The first-order valence-corrected chi connectivity index (χ1v) is 28.1. The fourth-order valence-corrected chi connectivity index (χ4v) is 10.4. The molecule has 4 atom stereocenters. The van der Waals surface area contributed by atoms with Crippen molar-refractivity contribution in [2.24, 2.45) is 15.9 Å². The average Bonchev–Trinajstić information content (AvgIpc) is 2.20. The number of amides is 7. The van der Waals surface area contributed by atoms with Gasteiger partial charge in [-0.05, 0) is 104 Å². The standard InChI is InChI=1S/C63H68N8O13/c1-37(2)58(68-55(72)13-9-7-10-24-69-56(73)22-23-57(69)74)60(76)66-38(3)59(75)67-44-20-18-40(19-21-44)43-28-46-34-65-50-32-54(52(81-5)30-48(50)62(78)71(46)36-43)84-26-12-8-11-25-83-53-31-49-47(29-51(53)80-4)61(77)70-35-42(27-45(70)33-64-49)39-14-16-41(17-15-39)63(79)82-6/h14-23,29-38,45-46,58H,7-13,24-28H2,1-6H3,(H,66,76)(H,67,75)(H,68,72)/t38-,45-,46-,58-/m0/s1. The molecule has 0 aromatic heterocycles. The number of methoxy groups -OCH3 is 3. The van der Waals surface area contributed by atoms with Crippen molar-refractivity contribution in [2.45, 2.75) is 103 Å². The van der Waals surface area contributed by atoms with Gasteiger partial charge in [-0.2, -0.15) is 0 Å². The van der Waals surface area contributed by atoms with Crippen molar-refractivity contribution in [2.75, 3.05) is 46.4 Å². The second-order valence-electron chi connectivity index (χ2n) is 21.3. The Balaban J connectivity index is 0.713. The lowest BCUT2D eigenvalue weighted by atomic mass is 10.0. The second kappa shape index (κ2) is 26.7. The van der Waals surface area contributed by atoms with Gasteiger partial charge in [0.1, 0.15) is 12.1 Å². The molecule has 5 heterocycles. The van der Waals surface area contributed by atoms with Crippen LogP contribution in [-0.2, 0) is 28.7 Å². The van der Waals surface area contributed by atoms with E-state index in [0.29, 0.717) is 115 Å². The molecule has 5 aliphatic rings. The maximum atomic E-state index is 14.1. The Morgan fingerprint density at radius 3 is 1.62 bits per heavy atom. The largest absolute Gasteiger partial charge is 0.493 e. The Hall–Kier alpha value is -9.40. The molecule has 9 rings (SSSR count). The molecular weight excluding hydrogens is 1080 g/mol. The number of benzene rings is 4. The van der Waals surface area contributed by atoms with Crippen molar-refractivity contribution >= 4 is 88.0 Å². The fraction of sp³-hybridized carbons (Fsp3) is 0.365. The lowest BCUT2D eigenvalue weighted by Crippen LogP contribution is -2.53. The molecule has 0 saturated heterocycles. The summed E-state index contributed by atoms with van der Waals surface area (Å²) < 4.78 is 28.5. The van der Waals surface area contributed by atoms with Gasteiger partial charge in [0.05, 0.1) is 74.7 Å². The number of carbonyl (C=O) groups excluding carboxylic acids is 8. The highest BCUT2D eigenvalue weighted by Crippen LogP contribution is 2.42. The number of aliphatic imine (C=N–C) groups is 2. The minimum Gasteiger partial charge on any atom is -0.493 e. The SMILES string of the molecule is COC(=O)c1ccc(C2=CN3C(=O)c4cc(OC)c(OCCCCCOc5cc6c(cc5OC)C(=O)N5C=C(c7ccc(NC(=O)[C@H](C)NC(=O)[C@@H](NC(=O)CCCCCN8C(=O)C=CC8=O)C(C)C)cc7)C[C@H]5C=N6)cc4N=C[C@@H]3C2)cc1. The molecule has 0 fully saturated rings. The molecule has 84 heavy (non-hydrogen) atoms. The maximum Gasteiger partial charge on any atom is 0.337 e. The van der Waals surface area contributed by atoms with Crippen LogP contribution in [-0.4, -0.2) is 140 Å². The number of fused-ring (bicyclic) bond motifs is 4. The van der Waals surface area contributed by atoms with E-state index < -0.39 is 29.9 Å². The number of imide groups is 1. The van der Waals surface area contributed by atoms with Crippen LogP contribution in [0.4, 0.5) is 17.1 Å². The second-order valence-corrected chi connectivity index (χ2v) is 21.3. The van der Waals surface area contributed by atoms with Crippen LogP contribution in [0.1, 0.15) is 121 Å². The van der Waals surface area contributed by atoms with Gasteiger partial charge >= 0.3 is 5.97 Å². The number of esters is 1. The van der Waals surface area contributed by atoms with Gasteiger partial charge < -0.3 is 49.4 Å². The lowest BCUT2D eigenvalue weighted by Gasteiger charge is -2.24. The summed E-state index contributed by atoms with van der Waals surface area (Å²) in [6, 6.07) is 18.6. The monoisotopic (exact) mass is 1140 g/mol. The van der Waals surface area contributed by atoms with Crippen molar-refractivity contribution in [3.63, 3.8) is 0 Å². The van der Waals surface area contributed by atoms with E-state index in [9.17, 15) is 38.4 Å². The van der Waals surface area contributed by atoms with E-state index in [1.165, 1.54) is 33.5 Å². The van der Waals surface area contributed by atoms with Crippen LogP contribution >= 0.6 is 0 Å². The maximum absolute atomic E-state index is 14.1. The molecule has 7 amide bonds. The number of rotatable bonds is 25. The van der Waals surface area contributed by atoms with Crippen molar-refractivity contribution in [3.8, 4) is 23.0 Å². The molecule has 21 heteroatoms. The molecule has 4 aromatic carbocycles. The number of carbonyl (C=O) groups is 8. The summed E-state index contributed by atoms with van der Waals surface area (Å²) >= 11 is 0. The van der Waals surface area contributed by atoms with E-state index in [1.807, 2.05) is 36.7 Å². The number of ether oxygens (including phenoxy) is 5. The predicted octanol–water partition coefficient (Wildman–Crippen LogP) is 8.13. The fourth-order valence-electron chi connectivity index (χ4n) is 10.4. The van der Waals surface area contributed by atoms with Gasteiger partial charge in [-0.3, -0.25) is 48.4 Å². The van der Waals surface area contributed by atoms with E-state index >= 15 is 0 Å².